The molecule has 1 aliphatic rings. The molecule has 0 saturated carbocycles. The van der Waals surface area contributed by atoms with Crippen LogP contribution in [-0.2, 0) is 0 Å². The molecule has 0 bridgehead atoms. The number of halogens is 1. The van der Waals surface area contributed by atoms with E-state index in [2.05, 4.69) is 41.7 Å². The molecule has 1 aromatic heterocycles. The third-order valence-electron chi connectivity index (χ3n) is 3.93. The normalized spacial score (nSPS) is 13.8. The van der Waals surface area contributed by atoms with Crippen molar-refractivity contribution >= 4 is 33.3 Å². The first kappa shape index (κ1) is 16.7. The van der Waals surface area contributed by atoms with E-state index in [0.717, 1.165) is 29.1 Å². The molecule has 6 nitrogen and oxygen atoms in total. The summed E-state index contributed by atoms with van der Waals surface area (Å²) in [6.45, 7) is 3.27. The van der Waals surface area contributed by atoms with E-state index >= 15 is 0 Å². The highest BCUT2D eigenvalue weighted by Gasteiger charge is 2.13. The molecule has 7 heteroatoms. The van der Waals surface area contributed by atoms with Crippen LogP contribution in [0.1, 0.15) is 23.2 Å². The van der Waals surface area contributed by atoms with Crippen molar-refractivity contribution in [3.8, 4) is 0 Å². The van der Waals surface area contributed by atoms with Crippen LogP contribution in [0, 0.1) is 0 Å². The van der Waals surface area contributed by atoms with Gasteiger partial charge < -0.3 is 15.5 Å². The summed E-state index contributed by atoms with van der Waals surface area (Å²) in [6.07, 6.45) is 4.26. The zero-order valence-corrected chi connectivity index (χ0v) is 14.9. The maximum atomic E-state index is 12.0. The van der Waals surface area contributed by atoms with E-state index in [4.69, 9.17) is 0 Å². The second-order valence-corrected chi connectivity index (χ2v) is 6.60. The van der Waals surface area contributed by atoms with Crippen molar-refractivity contribution in [3.05, 3.63) is 46.6 Å². The van der Waals surface area contributed by atoms with Crippen molar-refractivity contribution in [3.63, 3.8) is 0 Å². The molecule has 126 valence electrons. The number of carbonyl (C=O) groups is 1. The molecular weight excluding hydrogens is 370 g/mol. The number of benzene rings is 1. The quantitative estimate of drug-likeness (QED) is 0.743. The molecule has 1 aromatic carbocycles. The smallest absolute Gasteiger partial charge is 0.251 e. The Labute approximate surface area is 149 Å². The minimum absolute atomic E-state index is 0.0822. The lowest BCUT2D eigenvalue weighted by molar-refractivity contribution is 0.0955. The van der Waals surface area contributed by atoms with Crippen LogP contribution in [0.5, 0.6) is 0 Å². The summed E-state index contributed by atoms with van der Waals surface area (Å²) in [6, 6.07) is 9.30. The van der Waals surface area contributed by atoms with Gasteiger partial charge in [-0.25, -0.2) is 0 Å². The molecular formula is C17H20BrN5O. The summed E-state index contributed by atoms with van der Waals surface area (Å²) < 4.78 is 0.956. The predicted molar refractivity (Wildman–Crippen MR) is 98.4 cm³/mol. The number of hydrogen-bond donors (Lipinski definition) is 2. The van der Waals surface area contributed by atoms with Gasteiger partial charge in [-0.15, -0.1) is 5.10 Å². The van der Waals surface area contributed by atoms with Gasteiger partial charge >= 0.3 is 0 Å². The molecule has 2 aromatic rings. The molecule has 24 heavy (non-hydrogen) atoms. The van der Waals surface area contributed by atoms with Gasteiger partial charge in [0.2, 0.25) is 0 Å². The lowest BCUT2D eigenvalue weighted by Crippen LogP contribution is -2.29. The number of anilines is 2. The van der Waals surface area contributed by atoms with Crippen LogP contribution >= 0.6 is 15.9 Å². The van der Waals surface area contributed by atoms with Gasteiger partial charge in [0, 0.05) is 42.3 Å². The standard InChI is InChI=1S/C17H20BrN5O/c18-14-5-3-13(4-6-14)17(24)20-8-7-19-16-11-15(12-21-22-16)23-9-1-2-10-23/h3-6,11-12H,1-2,7-10H2,(H,19,22)(H,20,24). The first-order valence-electron chi connectivity index (χ1n) is 8.08. The second-order valence-electron chi connectivity index (χ2n) is 5.68. The number of aromatic nitrogens is 2. The van der Waals surface area contributed by atoms with Crippen LogP contribution in [0.2, 0.25) is 0 Å². The second kappa shape index (κ2) is 8.10. The first-order chi connectivity index (χ1) is 11.7. The summed E-state index contributed by atoms with van der Waals surface area (Å²) >= 11 is 3.36. The Hall–Kier alpha value is -2.15. The van der Waals surface area contributed by atoms with Crippen LogP contribution in [0.3, 0.4) is 0 Å². The maximum Gasteiger partial charge on any atom is 0.251 e. The van der Waals surface area contributed by atoms with Crippen LogP contribution in [-0.4, -0.2) is 42.3 Å². The zero-order valence-electron chi connectivity index (χ0n) is 13.3. The number of rotatable bonds is 6. The summed E-state index contributed by atoms with van der Waals surface area (Å²) in [5.74, 6) is 0.651. The van der Waals surface area contributed by atoms with Crippen molar-refractivity contribution < 1.29 is 4.79 Å². The first-order valence-corrected chi connectivity index (χ1v) is 8.87. The minimum atomic E-state index is -0.0822. The molecule has 0 spiro atoms. The zero-order chi connectivity index (χ0) is 16.8. The topological polar surface area (TPSA) is 70.2 Å². The molecule has 0 radical (unpaired) electrons. The van der Waals surface area contributed by atoms with Gasteiger partial charge in [0.25, 0.3) is 5.91 Å². The van der Waals surface area contributed by atoms with Crippen LogP contribution in [0.4, 0.5) is 11.5 Å². The van der Waals surface area contributed by atoms with E-state index < -0.39 is 0 Å². The molecule has 2 N–H and O–H groups in total. The monoisotopic (exact) mass is 389 g/mol. The van der Waals surface area contributed by atoms with Crippen molar-refractivity contribution in [1.29, 1.82) is 0 Å². The van der Waals surface area contributed by atoms with E-state index in [-0.39, 0.29) is 5.91 Å². The summed E-state index contributed by atoms with van der Waals surface area (Å²) in [7, 11) is 0. The average molecular weight is 390 g/mol. The average Bonchev–Trinajstić information content (AvgIpc) is 3.14. The maximum absolute atomic E-state index is 12.0. The Balaban J connectivity index is 1.45. The molecule has 2 heterocycles. The lowest BCUT2D eigenvalue weighted by Gasteiger charge is -2.17. The molecule has 0 aliphatic carbocycles. The van der Waals surface area contributed by atoms with Crippen LogP contribution < -0.4 is 15.5 Å². The number of hydrogen-bond acceptors (Lipinski definition) is 5. The van der Waals surface area contributed by atoms with Crippen LogP contribution in [0.25, 0.3) is 0 Å². The highest BCUT2D eigenvalue weighted by molar-refractivity contribution is 9.10. The number of nitrogens with zero attached hydrogens (tertiary/aromatic N) is 3. The summed E-state index contributed by atoms with van der Waals surface area (Å²) in [4.78, 5) is 14.3. The van der Waals surface area contributed by atoms with Gasteiger partial charge in [-0.2, -0.15) is 5.10 Å². The van der Waals surface area contributed by atoms with Gasteiger partial charge in [-0.1, -0.05) is 15.9 Å². The Bertz CT molecular complexity index is 686. The molecule has 1 saturated heterocycles. The highest BCUT2D eigenvalue weighted by atomic mass is 79.9. The Morgan fingerprint density at radius 1 is 1.17 bits per heavy atom. The molecule has 1 fully saturated rings. The molecule has 0 unspecified atom stereocenters. The fourth-order valence-electron chi connectivity index (χ4n) is 2.66. The fourth-order valence-corrected chi connectivity index (χ4v) is 2.93. The Kier molecular flexibility index (Phi) is 5.63. The fraction of sp³-hybridized carbons (Fsp3) is 0.353. The number of amides is 1. The summed E-state index contributed by atoms with van der Waals surface area (Å²) in [5.41, 5.74) is 1.75. The summed E-state index contributed by atoms with van der Waals surface area (Å²) in [5, 5.41) is 14.2. The predicted octanol–water partition coefficient (Wildman–Crippen LogP) is 2.68. The van der Waals surface area contributed by atoms with E-state index in [1.165, 1.54) is 12.8 Å². The van der Waals surface area contributed by atoms with E-state index in [1.807, 2.05) is 18.2 Å². The third-order valence-corrected chi connectivity index (χ3v) is 4.46. The molecule has 0 atom stereocenters. The SMILES string of the molecule is O=C(NCCNc1cc(N2CCCC2)cnn1)c1ccc(Br)cc1. The largest absolute Gasteiger partial charge is 0.370 e. The van der Waals surface area contributed by atoms with Crippen molar-refractivity contribution in [1.82, 2.24) is 15.5 Å². The molecule has 1 aliphatic heterocycles. The van der Waals surface area contributed by atoms with Crippen LogP contribution in [0.15, 0.2) is 41.0 Å². The van der Waals surface area contributed by atoms with Crippen molar-refractivity contribution in [2.24, 2.45) is 0 Å². The van der Waals surface area contributed by atoms with Gasteiger partial charge in [0.05, 0.1) is 11.9 Å². The van der Waals surface area contributed by atoms with Crippen molar-refractivity contribution in [2.75, 3.05) is 36.4 Å². The Morgan fingerprint density at radius 3 is 2.67 bits per heavy atom. The van der Waals surface area contributed by atoms with Gasteiger partial charge in [-0.05, 0) is 37.1 Å². The number of nitrogens with one attached hydrogen (secondary N) is 2. The Morgan fingerprint density at radius 2 is 1.92 bits per heavy atom. The highest BCUT2D eigenvalue weighted by Crippen LogP contribution is 2.20. The van der Waals surface area contributed by atoms with E-state index in [9.17, 15) is 4.79 Å². The van der Waals surface area contributed by atoms with Gasteiger partial charge in [0.15, 0.2) is 5.82 Å². The van der Waals surface area contributed by atoms with Gasteiger partial charge in [0.1, 0.15) is 0 Å². The van der Waals surface area contributed by atoms with E-state index in [1.54, 1.807) is 18.3 Å². The molecule has 1 amide bonds. The lowest BCUT2D eigenvalue weighted by atomic mass is 10.2. The van der Waals surface area contributed by atoms with E-state index in [0.29, 0.717) is 18.7 Å². The third kappa shape index (κ3) is 4.44. The molecule has 3 rings (SSSR count). The number of carbonyl (C=O) groups excluding carboxylic acids is 1. The minimum Gasteiger partial charge on any atom is -0.370 e. The van der Waals surface area contributed by atoms with Gasteiger partial charge in [-0.3, -0.25) is 4.79 Å². The van der Waals surface area contributed by atoms with Crippen molar-refractivity contribution in [2.45, 2.75) is 12.8 Å².